The first-order valence-electron chi connectivity index (χ1n) is 5.64. The van der Waals surface area contributed by atoms with Crippen LogP contribution in [0.15, 0.2) is 24.3 Å². The highest BCUT2D eigenvalue weighted by Gasteiger charge is 2.01. The Morgan fingerprint density at radius 2 is 1.94 bits per heavy atom. The fourth-order valence-electron chi connectivity index (χ4n) is 1.32. The first-order valence-corrected chi connectivity index (χ1v) is 5.64. The Kier molecular flexibility index (Phi) is 5.90. The van der Waals surface area contributed by atoms with Gasteiger partial charge in [-0.05, 0) is 26.0 Å². The van der Waals surface area contributed by atoms with Gasteiger partial charge >= 0.3 is 0 Å². The zero-order valence-electron chi connectivity index (χ0n) is 10.3. The van der Waals surface area contributed by atoms with Gasteiger partial charge in [0.1, 0.15) is 12.4 Å². The van der Waals surface area contributed by atoms with Gasteiger partial charge in [0.15, 0.2) is 0 Å². The Hall–Kier alpha value is -1.06. The standard InChI is InChI=1S/C13H21NO2/c1-11-4-6-13(7-5-11)16-10-12(2)14-8-9-15-3/h4-7,12,14H,8-10H2,1-3H3. The third-order valence-corrected chi connectivity index (χ3v) is 2.32. The van der Waals surface area contributed by atoms with Crippen molar-refractivity contribution in [3.63, 3.8) is 0 Å². The lowest BCUT2D eigenvalue weighted by Gasteiger charge is -2.14. The van der Waals surface area contributed by atoms with Gasteiger partial charge in [-0.15, -0.1) is 0 Å². The second kappa shape index (κ2) is 7.25. The van der Waals surface area contributed by atoms with Crippen LogP contribution in [-0.2, 0) is 4.74 Å². The maximum atomic E-state index is 5.65. The molecule has 16 heavy (non-hydrogen) atoms. The van der Waals surface area contributed by atoms with Crippen LogP contribution < -0.4 is 10.1 Å². The molecule has 0 aliphatic heterocycles. The molecule has 1 aromatic carbocycles. The predicted octanol–water partition coefficient (Wildman–Crippen LogP) is 2.00. The molecule has 1 atom stereocenters. The average molecular weight is 223 g/mol. The summed E-state index contributed by atoms with van der Waals surface area (Å²) >= 11 is 0. The highest BCUT2D eigenvalue weighted by atomic mass is 16.5. The van der Waals surface area contributed by atoms with E-state index in [-0.39, 0.29) is 0 Å². The lowest BCUT2D eigenvalue weighted by Crippen LogP contribution is -2.34. The lowest BCUT2D eigenvalue weighted by atomic mass is 10.2. The van der Waals surface area contributed by atoms with E-state index in [1.54, 1.807) is 7.11 Å². The third kappa shape index (κ3) is 5.14. The van der Waals surface area contributed by atoms with E-state index in [0.29, 0.717) is 12.6 Å². The topological polar surface area (TPSA) is 30.5 Å². The van der Waals surface area contributed by atoms with Gasteiger partial charge in [0.2, 0.25) is 0 Å². The molecule has 3 nitrogen and oxygen atoms in total. The number of methoxy groups -OCH3 is 1. The molecular weight excluding hydrogens is 202 g/mol. The zero-order chi connectivity index (χ0) is 11.8. The molecule has 0 bridgehead atoms. The molecule has 0 saturated carbocycles. The van der Waals surface area contributed by atoms with Gasteiger partial charge in [-0.25, -0.2) is 0 Å². The van der Waals surface area contributed by atoms with Crippen molar-refractivity contribution in [3.05, 3.63) is 29.8 Å². The highest BCUT2D eigenvalue weighted by Crippen LogP contribution is 2.11. The fourth-order valence-corrected chi connectivity index (χ4v) is 1.32. The van der Waals surface area contributed by atoms with Gasteiger partial charge in [0.05, 0.1) is 6.61 Å². The van der Waals surface area contributed by atoms with Gasteiger partial charge in [-0.1, -0.05) is 17.7 Å². The summed E-state index contributed by atoms with van der Waals surface area (Å²) in [7, 11) is 1.70. The first-order chi connectivity index (χ1) is 7.72. The Morgan fingerprint density at radius 1 is 1.25 bits per heavy atom. The monoisotopic (exact) mass is 223 g/mol. The molecule has 0 amide bonds. The van der Waals surface area contributed by atoms with E-state index in [0.717, 1.165) is 18.9 Å². The molecule has 0 aliphatic carbocycles. The fraction of sp³-hybridized carbons (Fsp3) is 0.538. The van der Waals surface area contributed by atoms with Crippen LogP contribution in [0.25, 0.3) is 0 Å². The smallest absolute Gasteiger partial charge is 0.119 e. The summed E-state index contributed by atoms with van der Waals surface area (Å²) in [6.07, 6.45) is 0. The number of hydrogen-bond acceptors (Lipinski definition) is 3. The second-order valence-corrected chi connectivity index (χ2v) is 3.97. The second-order valence-electron chi connectivity index (χ2n) is 3.97. The van der Waals surface area contributed by atoms with Gasteiger partial charge < -0.3 is 14.8 Å². The van der Waals surface area contributed by atoms with Gasteiger partial charge in [-0.2, -0.15) is 0 Å². The minimum absolute atomic E-state index is 0.330. The summed E-state index contributed by atoms with van der Waals surface area (Å²) in [5, 5.41) is 3.32. The summed E-state index contributed by atoms with van der Waals surface area (Å²) in [5.41, 5.74) is 1.25. The molecule has 0 heterocycles. The van der Waals surface area contributed by atoms with E-state index < -0.39 is 0 Å². The SMILES string of the molecule is COCCNC(C)COc1ccc(C)cc1. The van der Waals surface area contributed by atoms with Crippen molar-refractivity contribution < 1.29 is 9.47 Å². The van der Waals surface area contributed by atoms with Gasteiger partial charge in [0, 0.05) is 19.7 Å². The summed E-state index contributed by atoms with van der Waals surface area (Å²) in [5.74, 6) is 0.922. The van der Waals surface area contributed by atoms with Crippen LogP contribution in [0.1, 0.15) is 12.5 Å². The summed E-state index contributed by atoms with van der Waals surface area (Å²) in [6.45, 7) is 6.43. The molecule has 0 saturated heterocycles. The van der Waals surface area contributed by atoms with Crippen LogP contribution in [0, 0.1) is 6.92 Å². The van der Waals surface area contributed by atoms with Crippen LogP contribution in [0.2, 0.25) is 0 Å². The van der Waals surface area contributed by atoms with Crippen LogP contribution in [-0.4, -0.2) is 32.9 Å². The number of nitrogens with one attached hydrogen (secondary N) is 1. The van der Waals surface area contributed by atoms with E-state index in [9.17, 15) is 0 Å². The number of aryl methyl sites for hydroxylation is 1. The van der Waals surface area contributed by atoms with E-state index >= 15 is 0 Å². The molecule has 0 spiro atoms. The summed E-state index contributed by atoms with van der Waals surface area (Å²) in [4.78, 5) is 0. The van der Waals surface area contributed by atoms with E-state index in [2.05, 4.69) is 31.3 Å². The largest absolute Gasteiger partial charge is 0.492 e. The Balaban J connectivity index is 2.20. The summed E-state index contributed by atoms with van der Waals surface area (Å²) < 4.78 is 10.6. The number of rotatable bonds is 7. The van der Waals surface area contributed by atoms with Crippen LogP contribution in [0.5, 0.6) is 5.75 Å². The minimum Gasteiger partial charge on any atom is -0.492 e. The van der Waals surface area contributed by atoms with Crippen LogP contribution in [0.3, 0.4) is 0 Å². The molecule has 1 unspecified atom stereocenters. The quantitative estimate of drug-likeness (QED) is 0.717. The Labute approximate surface area is 97.8 Å². The number of benzene rings is 1. The van der Waals surface area contributed by atoms with Crippen LogP contribution in [0.4, 0.5) is 0 Å². The third-order valence-electron chi connectivity index (χ3n) is 2.32. The maximum absolute atomic E-state index is 5.65. The number of ether oxygens (including phenoxy) is 2. The molecule has 0 fully saturated rings. The molecule has 0 radical (unpaired) electrons. The lowest BCUT2D eigenvalue weighted by molar-refractivity contribution is 0.189. The molecular formula is C13H21NO2. The maximum Gasteiger partial charge on any atom is 0.119 e. The number of hydrogen-bond donors (Lipinski definition) is 1. The molecule has 0 aromatic heterocycles. The van der Waals surface area contributed by atoms with Crippen molar-refractivity contribution >= 4 is 0 Å². The molecule has 0 aliphatic rings. The first kappa shape index (κ1) is 13.0. The predicted molar refractivity (Wildman–Crippen MR) is 66.0 cm³/mol. The molecule has 1 N–H and O–H groups in total. The molecule has 1 rings (SSSR count). The Bertz CT molecular complexity index is 284. The van der Waals surface area contributed by atoms with E-state index in [4.69, 9.17) is 9.47 Å². The van der Waals surface area contributed by atoms with Crippen molar-refractivity contribution in [2.75, 3.05) is 26.9 Å². The van der Waals surface area contributed by atoms with Gasteiger partial charge in [-0.3, -0.25) is 0 Å². The van der Waals surface area contributed by atoms with Crippen molar-refractivity contribution in [3.8, 4) is 5.75 Å². The minimum atomic E-state index is 0.330. The molecule has 90 valence electrons. The van der Waals surface area contributed by atoms with E-state index in [1.165, 1.54) is 5.56 Å². The van der Waals surface area contributed by atoms with Crippen LogP contribution >= 0.6 is 0 Å². The van der Waals surface area contributed by atoms with Gasteiger partial charge in [0.25, 0.3) is 0 Å². The van der Waals surface area contributed by atoms with Crippen molar-refractivity contribution in [1.29, 1.82) is 0 Å². The van der Waals surface area contributed by atoms with Crippen molar-refractivity contribution in [1.82, 2.24) is 5.32 Å². The normalized spacial score (nSPS) is 12.4. The van der Waals surface area contributed by atoms with Crippen molar-refractivity contribution in [2.24, 2.45) is 0 Å². The average Bonchev–Trinajstić information content (AvgIpc) is 2.29. The van der Waals surface area contributed by atoms with Crippen molar-refractivity contribution in [2.45, 2.75) is 19.9 Å². The summed E-state index contributed by atoms with van der Waals surface area (Å²) in [6, 6.07) is 8.43. The van der Waals surface area contributed by atoms with E-state index in [1.807, 2.05) is 12.1 Å². The highest BCUT2D eigenvalue weighted by molar-refractivity contribution is 5.26. The zero-order valence-corrected chi connectivity index (χ0v) is 10.3. The Morgan fingerprint density at radius 3 is 2.56 bits per heavy atom. The molecule has 3 heteroatoms. The molecule has 1 aromatic rings.